The molecule has 0 aliphatic rings. The van der Waals surface area contributed by atoms with Gasteiger partial charge in [0.15, 0.2) is 5.75 Å². The summed E-state index contributed by atoms with van der Waals surface area (Å²) in [6, 6.07) is 4.88. The van der Waals surface area contributed by atoms with Crippen LogP contribution in [-0.2, 0) is 6.61 Å². The second-order valence-electron chi connectivity index (χ2n) is 4.57. The summed E-state index contributed by atoms with van der Waals surface area (Å²) in [4.78, 5) is 10.2. The van der Waals surface area contributed by atoms with Crippen molar-refractivity contribution in [2.75, 3.05) is 0 Å². The predicted molar refractivity (Wildman–Crippen MR) is 77.7 cm³/mol. The van der Waals surface area contributed by atoms with Gasteiger partial charge in [-0.25, -0.2) is 0 Å². The molecule has 1 heterocycles. The first kappa shape index (κ1) is 14.5. The third-order valence-electron chi connectivity index (χ3n) is 2.75. The molecule has 0 radical (unpaired) electrons. The first-order chi connectivity index (χ1) is 9.47. The van der Waals surface area contributed by atoms with Crippen LogP contribution in [0, 0.1) is 10.1 Å². The minimum Gasteiger partial charge on any atom is -0.486 e. The molecule has 0 aliphatic carbocycles. The van der Waals surface area contributed by atoms with Crippen molar-refractivity contribution in [3.8, 4) is 5.75 Å². The molecule has 0 aliphatic heterocycles. The Labute approximate surface area is 124 Å². The van der Waals surface area contributed by atoms with E-state index in [-0.39, 0.29) is 11.7 Å². The Morgan fingerprint density at radius 2 is 2.25 bits per heavy atom. The van der Waals surface area contributed by atoms with E-state index in [1.54, 1.807) is 16.9 Å². The number of nitro benzene ring substituents is 1. The average Bonchev–Trinajstić information content (AvgIpc) is 2.86. The van der Waals surface area contributed by atoms with Gasteiger partial charge in [-0.2, -0.15) is 5.10 Å². The molecule has 1 aromatic carbocycles. The second kappa shape index (κ2) is 6.04. The number of hydrogen-bond donors (Lipinski definition) is 0. The third kappa shape index (κ3) is 3.36. The Bertz CT molecular complexity index is 625. The van der Waals surface area contributed by atoms with Crippen LogP contribution in [0.25, 0.3) is 0 Å². The third-order valence-corrected chi connectivity index (χ3v) is 3.49. The van der Waals surface area contributed by atoms with E-state index >= 15 is 0 Å². The maximum atomic E-state index is 10.7. The van der Waals surface area contributed by atoms with Gasteiger partial charge in [0, 0.05) is 28.2 Å². The van der Waals surface area contributed by atoms with Gasteiger partial charge in [0.25, 0.3) is 5.69 Å². The van der Waals surface area contributed by atoms with Crippen LogP contribution in [0.4, 0.5) is 5.69 Å². The molecule has 0 unspecified atom stereocenters. The highest BCUT2D eigenvalue weighted by Gasteiger charge is 2.10. The van der Waals surface area contributed by atoms with E-state index in [0.29, 0.717) is 16.8 Å². The van der Waals surface area contributed by atoms with Gasteiger partial charge < -0.3 is 4.74 Å². The second-order valence-corrected chi connectivity index (χ2v) is 5.43. The lowest BCUT2D eigenvalue weighted by atomic mass is 10.2. The minimum atomic E-state index is -0.429. The molecule has 0 N–H and O–H groups in total. The van der Waals surface area contributed by atoms with E-state index < -0.39 is 4.92 Å². The summed E-state index contributed by atoms with van der Waals surface area (Å²) < 4.78 is 8.08. The van der Waals surface area contributed by atoms with Crippen LogP contribution in [0.1, 0.15) is 25.5 Å². The Balaban J connectivity index is 2.05. The molecule has 20 heavy (non-hydrogen) atoms. The van der Waals surface area contributed by atoms with Gasteiger partial charge in [-0.15, -0.1) is 0 Å². The summed E-state index contributed by atoms with van der Waals surface area (Å²) in [5.41, 5.74) is 0.890. The Hall–Kier alpha value is -1.89. The molecular weight excluding hydrogens is 326 g/mol. The molecule has 0 saturated carbocycles. The maximum absolute atomic E-state index is 10.7. The largest absolute Gasteiger partial charge is 0.486 e. The van der Waals surface area contributed by atoms with E-state index in [0.717, 1.165) is 5.56 Å². The summed E-state index contributed by atoms with van der Waals surface area (Å²) in [6.45, 7) is 4.38. The summed E-state index contributed by atoms with van der Waals surface area (Å²) in [5, 5.41) is 14.8. The molecule has 0 amide bonds. The number of rotatable bonds is 5. The molecule has 0 bridgehead atoms. The molecule has 2 rings (SSSR count). The summed E-state index contributed by atoms with van der Waals surface area (Å²) in [7, 11) is 0. The quantitative estimate of drug-likeness (QED) is 0.614. The molecule has 6 nitrogen and oxygen atoms in total. The summed E-state index contributed by atoms with van der Waals surface area (Å²) in [5.74, 6) is 0.670. The number of hydrogen-bond acceptors (Lipinski definition) is 4. The van der Waals surface area contributed by atoms with Crippen molar-refractivity contribution in [1.29, 1.82) is 0 Å². The normalized spacial score (nSPS) is 10.8. The fourth-order valence-corrected chi connectivity index (χ4v) is 2.09. The van der Waals surface area contributed by atoms with E-state index in [1.807, 2.05) is 20.0 Å². The number of nitrogens with zero attached hydrogens (tertiary/aromatic N) is 3. The number of halogens is 1. The zero-order valence-corrected chi connectivity index (χ0v) is 12.7. The standard InChI is InChI=1S/C13H14BrN3O3/c1-9(2)16-7-12(6-15-16)20-8-10-3-4-11(17(18)19)5-13(10)14/h3-7,9H,8H2,1-2H3. The molecule has 7 heteroatoms. The fraction of sp³-hybridized carbons (Fsp3) is 0.308. The van der Waals surface area contributed by atoms with E-state index in [4.69, 9.17) is 4.74 Å². The highest BCUT2D eigenvalue weighted by atomic mass is 79.9. The maximum Gasteiger partial charge on any atom is 0.270 e. The van der Waals surface area contributed by atoms with Crippen molar-refractivity contribution < 1.29 is 9.66 Å². The highest BCUT2D eigenvalue weighted by molar-refractivity contribution is 9.10. The molecular formula is C13H14BrN3O3. The van der Waals surface area contributed by atoms with E-state index in [1.165, 1.54) is 12.1 Å². The number of non-ortho nitro benzene ring substituents is 1. The van der Waals surface area contributed by atoms with Gasteiger partial charge >= 0.3 is 0 Å². The lowest BCUT2D eigenvalue weighted by Crippen LogP contribution is -2.00. The first-order valence-corrected chi connectivity index (χ1v) is 6.86. The SMILES string of the molecule is CC(C)n1cc(OCc2ccc([N+](=O)[O-])cc2Br)cn1. The Morgan fingerprint density at radius 3 is 2.80 bits per heavy atom. The van der Waals surface area contributed by atoms with E-state index in [2.05, 4.69) is 21.0 Å². The summed E-state index contributed by atoms with van der Waals surface area (Å²) >= 11 is 3.31. The van der Waals surface area contributed by atoms with Crippen LogP contribution >= 0.6 is 15.9 Å². The van der Waals surface area contributed by atoms with Crippen LogP contribution in [-0.4, -0.2) is 14.7 Å². The number of benzene rings is 1. The van der Waals surface area contributed by atoms with Gasteiger partial charge in [0.2, 0.25) is 0 Å². The molecule has 1 aromatic heterocycles. The van der Waals surface area contributed by atoms with Crippen molar-refractivity contribution in [3.05, 3.63) is 50.7 Å². The highest BCUT2D eigenvalue weighted by Crippen LogP contribution is 2.24. The lowest BCUT2D eigenvalue weighted by Gasteiger charge is -2.06. The molecule has 0 spiro atoms. The smallest absolute Gasteiger partial charge is 0.270 e. The van der Waals surface area contributed by atoms with Crippen LogP contribution in [0.15, 0.2) is 35.1 Å². The van der Waals surface area contributed by atoms with E-state index in [9.17, 15) is 10.1 Å². The van der Waals surface area contributed by atoms with Gasteiger partial charge in [0.05, 0.1) is 17.3 Å². The van der Waals surface area contributed by atoms with Crippen LogP contribution in [0.5, 0.6) is 5.75 Å². The van der Waals surface area contributed by atoms with Gasteiger partial charge in [-0.05, 0) is 19.9 Å². The molecule has 0 saturated heterocycles. The van der Waals surface area contributed by atoms with Gasteiger partial charge in [0.1, 0.15) is 6.61 Å². The number of nitro groups is 1. The molecule has 0 atom stereocenters. The van der Waals surface area contributed by atoms with Crippen LogP contribution < -0.4 is 4.74 Å². The van der Waals surface area contributed by atoms with Crippen molar-refractivity contribution in [2.24, 2.45) is 0 Å². The molecule has 0 fully saturated rings. The minimum absolute atomic E-state index is 0.0493. The lowest BCUT2D eigenvalue weighted by molar-refractivity contribution is -0.384. The van der Waals surface area contributed by atoms with Crippen LogP contribution in [0.3, 0.4) is 0 Å². The molecule has 106 valence electrons. The number of ether oxygens (including phenoxy) is 1. The van der Waals surface area contributed by atoms with Gasteiger partial charge in [-0.3, -0.25) is 14.8 Å². The number of aromatic nitrogens is 2. The van der Waals surface area contributed by atoms with Crippen LogP contribution in [0.2, 0.25) is 0 Å². The van der Waals surface area contributed by atoms with Crippen molar-refractivity contribution in [1.82, 2.24) is 9.78 Å². The zero-order chi connectivity index (χ0) is 14.7. The Kier molecular flexibility index (Phi) is 4.39. The summed E-state index contributed by atoms with van der Waals surface area (Å²) in [6.07, 6.45) is 3.48. The van der Waals surface area contributed by atoms with Crippen molar-refractivity contribution >= 4 is 21.6 Å². The zero-order valence-electron chi connectivity index (χ0n) is 11.1. The van der Waals surface area contributed by atoms with Gasteiger partial charge in [-0.1, -0.05) is 15.9 Å². The van der Waals surface area contributed by atoms with Crippen molar-refractivity contribution in [2.45, 2.75) is 26.5 Å². The molecule has 2 aromatic rings. The Morgan fingerprint density at radius 1 is 1.50 bits per heavy atom. The first-order valence-electron chi connectivity index (χ1n) is 6.07. The monoisotopic (exact) mass is 339 g/mol. The fourth-order valence-electron chi connectivity index (χ4n) is 1.61. The predicted octanol–water partition coefficient (Wildman–Crippen LogP) is 3.71. The average molecular weight is 340 g/mol. The van der Waals surface area contributed by atoms with Crippen molar-refractivity contribution in [3.63, 3.8) is 0 Å². The topological polar surface area (TPSA) is 70.2 Å².